The van der Waals surface area contributed by atoms with Crippen molar-refractivity contribution in [3.05, 3.63) is 42.2 Å². The normalized spacial score (nSPS) is 10.8. The molecule has 0 bridgehead atoms. The average Bonchev–Trinajstić information content (AvgIpc) is 2.83. The van der Waals surface area contributed by atoms with Gasteiger partial charge in [-0.25, -0.2) is 4.98 Å². The summed E-state index contributed by atoms with van der Waals surface area (Å²) in [6.45, 7) is 5.35. The Bertz CT molecular complexity index is 517. The number of hydrogen-bond acceptors (Lipinski definition) is 2. The molecule has 1 aromatic heterocycles. The van der Waals surface area contributed by atoms with Crippen LogP contribution in [0.5, 0.6) is 0 Å². The van der Waals surface area contributed by atoms with Crippen LogP contribution in [0.3, 0.4) is 0 Å². The number of aryl methyl sites for hydroxylation is 2. The van der Waals surface area contributed by atoms with E-state index in [9.17, 15) is 0 Å². The molecule has 0 atom stereocenters. The number of nitrogens with zero attached hydrogens (tertiary/aromatic N) is 2. The quantitative estimate of drug-likeness (QED) is 0.634. The Hall–Kier alpha value is -1.77. The van der Waals surface area contributed by atoms with Gasteiger partial charge in [0.1, 0.15) is 0 Å². The van der Waals surface area contributed by atoms with E-state index in [1.807, 2.05) is 25.1 Å². The van der Waals surface area contributed by atoms with E-state index >= 15 is 0 Å². The molecule has 0 unspecified atom stereocenters. The van der Waals surface area contributed by atoms with Gasteiger partial charge in [0.15, 0.2) is 0 Å². The fourth-order valence-corrected chi connectivity index (χ4v) is 2.53. The van der Waals surface area contributed by atoms with Crippen LogP contribution in [-0.2, 0) is 6.54 Å². The number of benzene rings is 1. The fourth-order valence-electron chi connectivity index (χ4n) is 2.53. The minimum atomic E-state index is 0.951. The number of imidazole rings is 1. The molecule has 0 saturated carbocycles. The van der Waals surface area contributed by atoms with Gasteiger partial charge in [-0.1, -0.05) is 57.2 Å². The molecule has 3 nitrogen and oxygen atoms in total. The number of unbranched alkanes of at least 4 members (excludes halogenated alkanes) is 5. The van der Waals surface area contributed by atoms with E-state index in [1.165, 1.54) is 38.5 Å². The van der Waals surface area contributed by atoms with E-state index in [-0.39, 0.29) is 0 Å². The summed E-state index contributed by atoms with van der Waals surface area (Å²) in [6, 6.07) is 10.2. The molecule has 0 aliphatic rings. The summed E-state index contributed by atoms with van der Waals surface area (Å²) in [4.78, 5) is 4.59. The summed E-state index contributed by atoms with van der Waals surface area (Å²) in [5.41, 5.74) is 2.16. The maximum atomic E-state index is 4.59. The van der Waals surface area contributed by atoms with Gasteiger partial charge in [-0.15, -0.1) is 0 Å². The van der Waals surface area contributed by atoms with E-state index in [0.717, 1.165) is 23.9 Å². The van der Waals surface area contributed by atoms with Crippen molar-refractivity contribution >= 4 is 11.6 Å². The van der Waals surface area contributed by atoms with E-state index in [0.29, 0.717) is 0 Å². The molecule has 2 rings (SSSR count). The van der Waals surface area contributed by atoms with Crippen LogP contribution in [-0.4, -0.2) is 9.55 Å². The lowest BCUT2D eigenvalue weighted by Gasteiger charge is -2.09. The third kappa shape index (κ3) is 5.25. The van der Waals surface area contributed by atoms with Gasteiger partial charge in [0, 0.05) is 18.4 Å². The lowest BCUT2D eigenvalue weighted by Crippen LogP contribution is -2.03. The van der Waals surface area contributed by atoms with E-state index in [4.69, 9.17) is 0 Å². The highest BCUT2D eigenvalue weighted by molar-refractivity contribution is 5.53. The van der Waals surface area contributed by atoms with Crippen molar-refractivity contribution in [1.29, 1.82) is 0 Å². The van der Waals surface area contributed by atoms with E-state index in [2.05, 4.69) is 40.1 Å². The van der Waals surface area contributed by atoms with Crippen LogP contribution in [0.2, 0.25) is 0 Å². The lowest BCUT2D eigenvalue weighted by atomic mass is 10.1. The average molecular weight is 285 g/mol. The molecule has 0 fully saturated rings. The molecule has 1 N–H and O–H groups in total. The van der Waals surface area contributed by atoms with Gasteiger partial charge in [-0.05, 0) is 25.5 Å². The zero-order valence-corrected chi connectivity index (χ0v) is 13.3. The van der Waals surface area contributed by atoms with Gasteiger partial charge in [-0.3, -0.25) is 0 Å². The molecule has 0 aliphatic heterocycles. The zero-order chi connectivity index (χ0) is 14.9. The molecule has 21 heavy (non-hydrogen) atoms. The van der Waals surface area contributed by atoms with E-state index in [1.54, 1.807) is 0 Å². The molecule has 2 aromatic rings. The minimum Gasteiger partial charge on any atom is -0.326 e. The molecule has 0 saturated heterocycles. The Morgan fingerprint density at radius 3 is 2.48 bits per heavy atom. The summed E-state index contributed by atoms with van der Waals surface area (Å²) in [5, 5.41) is 3.41. The molecule has 114 valence electrons. The number of anilines is 2. The predicted molar refractivity (Wildman–Crippen MR) is 90.1 cm³/mol. The van der Waals surface area contributed by atoms with Crippen LogP contribution in [0.1, 0.15) is 51.1 Å². The SMILES string of the molecule is CCCCCCCCn1cc(C)nc1Nc1ccccc1. The summed E-state index contributed by atoms with van der Waals surface area (Å²) >= 11 is 0. The Labute approximate surface area is 128 Å². The van der Waals surface area contributed by atoms with Crippen molar-refractivity contribution in [2.24, 2.45) is 0 Å². The van der Waals surface area contributed by atoms with Crippen LogP contribution < -0.4 is 5.32 Å². The Kier molecular flexibility index (Phi) is 6.32. The topological polar surface area (TPSA) is 29.9 Å². The maximum absolute atomic E-state index is 4.59. The third-order valence-corrected chi connectivity index (χ3v) is 3.68. The molecule has 1 aromatic carbocycles. The maximum Gasteiger partial charge on any atom is 0.207 e. The smallest absolute Gasteiger partial charge is 0.207 e. The van der Waals surface area contributed by atoms with Gasteiger partial charge in [0.05, 0.1) is 5.69 Å². The van der Waals surface area contributed by atoms with Crippen molar-refractivity contribution in [3.63, 3.8) is 0 Å². The number of para-hydroxylation sites is 1. The van der Waals surface area contributed by atoms with Gasteiger partial charge in [0.25, 0.3) is 0 Å². The van der Waals surface area contributed by atoms with Crippen LogP contribution in [0.15, 0.2) is 36.5 Å². The van der Waals surface area contributed by atoms with Crippen LogP contribution in [0.4, 0.5) is 11.6 Å². The van der Waals surface area contributed by atoms with Gasteiger partial charge in [0.2, 0.25) is 5.95 Å². The second-order valence-corrected chi connectivity index (χ2v) is 5.66. The molecule has 3 heteroatoms. The monoisotopic (exact) mass is 285 g/mol. The fraction of sp³-hybridized carbons (Fsp3) is 0.500. The molecule has 0 aliphatic carbocycles. The first-order valence-electron chi connectivity index (χ1n) is 8.15. The second kappa shape index (κ2) is 8.50. The van der Waals surface area contributed by atoms with Gasteiger partial charge >= 0.3 is 0 Å². The number of rotatable bonds is 9. The molecular formula is C18H27N3. The first-order valence-corrected chi connectivity index (χ1v) is 8.15. The predicted octanol–water partition coefficient (Wildman–Crippen LogP) is 5.30. The highest BCUT2D eigenvalue weighted by Gasteiger charge is 2.05. The summed E-state index contributed by atoms with van der Waals surface area (Å²) in [5.74, 6) is 0.951. The first kappa shape index (κ1) is 15.6. The van der Waals surface area contributed by atoms with Crippen molar-refractivity contribution in [2.75, 3.05) is 5.32 Å². The van der Waals surface area contributed by atoms with Gasteiger partial charge < -0.3 is 9.88 Å². The van der Waals surface area contributed by atoms with Crippen molar-refractivity contribution in [3.8, 4) is 0 Å². The second-order valence-electron chi connectivity index (χ2n) is 5.66. The standard InChI is InChI=1S/C18H27N3/c1-3-4-5-6-7-11-14-21-15-16(2)19-18(21)20-17-12-9-8-10-13-17/h8-10,12-13,15H,3-7,11,14H2,1-2H3,(H,19,20). The van der Waals surface area contributed by atoms with Crippen molar-refractivity contribution in [2.45, 2.75) is 58.9 Å². The van der Waals surface area contributed by atoms with E-state index < -0.39 is 0 Å². The Morgan fingerprint density at radius 2 is 1.71 bits per heavy atom. The summed E-state index contributed by atoms with van der Waals surface area (Å²) < 4.78 is 2.24. The number of hydrogen-bond donors (Lipinski definition) is 1. The van der Waals surface area contributed by atoms with Crippen LogP contribution >= 0.6 is 0 Å². The minimum absolute atomic E-state index is 0.951. The Balaban J connectivity index is 1.85. The highest BCUT2D eigenvalue weighted by Crippen LogP contribution is 2.17. The zero-order valence-electron chi connectivity index (χ0n) is 13.3. The van der Waals surface area contributed by atoms with Crippen molar-refractivity contribution in [1.82, 2.24) is 9.55 Å². The molecule has 1 heterocycles. The van der Waals surface area contributed by atoms with Crippen LogP contribution in [0.25, 0.3) is 0 Å². The molecule has 0 amide bonds. The molecule has 0 radical (unpaired) electrons. The molecular weight excluding hydrogens is 258 g/mol. The Morgan fingerprint density at radius 1 is 1.00 bits per heavy atom. The summed E-state index contributed by atoms with van der Waals surface area (Å²) in [6.07, 6.45) is 10.1. The number of nitrogens with one attached hydrogen (secondary N) is 1. The lowest BCUT2D eigenvalue weighted by molar-refractivity contribution is 0.560. The third-order valence-electron chi connectivity index (χ3n) is 3.68. The van der Waals surface area contributed by atoms with Gasteiger partial charge in [-0.2, -0.15) is 0 Å². The van der Waals surface area contributed by atoms with Crippen molar-refractivity contribution < 1.29 is 0 Å². The van der Waals surface area contributed by atoms with Crippen LogP contribution in [0, 0.1) is 6.92 Å². The highest BCUT2D eigenvalue weighted by atomic mass is 15.2. The number of aromatic nitrogens is 2. The summed E-state index contributed by atoms with van der Waals surface area (Å²) in [7, 11) is 0. The first-order chi connectivity index (χ1) is 10.3. The molecule has 0 spiro atoms. The largest absolute Gasteiger partial charge is 0.326 e.